The van der Waals surface area contributed by atoms with Gasteiger partial charge in [0.1, 0.15) is 0 Å². The van der Waals surface area contributed by atoms with E-state index < -0.39 is 0 Å². The summed E-state index contributed by atoms with van der Waals surface area (Å²) >= 11 is 1.32. The third kappa shape index (κ3) is 3.27. The van der Waals surface area contributed by atoms with E-state index in [0.29, 0.717) is 35.0 Å². The third-order valence-corrected chi connectivity index (χ3v) is 3.50. The first-order valence-electron chi connectivity index (χ1n) is 5.57. The minimum absolute atomic E-state index is 0. The second-order valence-corrected chi connectivity index (χ2v) is 5.08. The van der Waals surface area contributed by atoms with E-state index in [1.54, 1.807) is 24.3 Å². The van der Waals surface area contributed by atoms with Gasteiger partial charge in [-0.15, -0.1) is 0 Å². The van der Waals surface area contributed by atoms with E-state index in [0.717, 1.165) is 0 Å². The normalized spacial score (nSPS) is 13.2. The highest BCUT2D eigenvalue weighted by atomic mass is 35.5. The number of nitrogens with zero attached hydrogens (tertiary/aromatic N) is 1. The number of imide groups is 1. The van der Waals surface area contributed by atoms with E-state index in [4.69, 9.17) is 11.1 Å². The van der Waals surface area contributed by atoms with Crippen molar-refractivity contribution in [2.75, 3.05) is 12.3 Å². The van der Waals surface area contributed by atoms with Gasteiger partial charge in [-0.3, -0.25) is 25.6 Å². The standard InChI is InChI=1S/C12H13N3O2S.ClH/c13-12(14)18-7-3-6-15-10(16)8-4-1-2-5-9(8)11(15)17;/h1-2,4-5H,3,6-7H2,(H3,13,14);1H. The summed E-state index contributed by atoms with van der Waals surface area (Å²) in [5, 5.41) is 5.62. The van der Waals surface area contributed by atoms with Crippen LogP contribution in [-0.2, 0) is 0 Å². The molecule has 7 heteroatoms. The van der Waals surface area contributed by atoms with Gasteiger partial charge in [0.25, 0.3) is 17.0 Å². The summed E-state index contributed by atoms with van der Waals surface area (Å²) in [6.07, 6.45) is 0.675. The Balaban J connectivity index is 0.00000180. The number of hydrogen-bond donors (Lipinski definition) is 2. The molecule has 0 saturated carbocycles. The monoisotopic (exact) mass is 299 g/mol. The van der Waals surface area contributed by atoms with Crippen molar-refractivity contribution in [3.8, 4) is 0 Å². The van der Waals surface area contributed by atoms with Gasteiger partial charge in [-0.2, -0.15) is 0 Å². The molecule has 0 atom stereocenters. The van der Waals surface area contributed by atoms with Crippen LogP contribution in [0.2, 0.25) is 0 Å². The van der Waals surface area contributed by atoms with Crippen molar-refractivity contribution in [1.82, 2.24) is 4.90 Å². The summed E-state index contributed by atoms with van der Waals surface area (Å²) in [6, 6.07) is 6.87. The van der Waals surface area contributed by atoms with Crippen LogP contribution >= 0.6 is 11.8 Å². The molecule has 0 saturated heterocycles. The molecule has 1 aliphatic heterocycles. The van der Waals surface area contributed by atoms with Crippen LogP contribution in [0.1, 0.15) is 27.1 Å². The minimum Gasteiger partial charge on any atom is -1.00 e. The van der Waals surface area contributed by atoms with Gasteiger partial charge >= 0.3 is 0 Å². The number of thioether (sulfide) groups is 1. The number of amidine groups is 1. The molecule has 4 N–H and O–H groups in total. The summed E-state index contributed by atoms with van der Waals surface area (Å²) < 4.78 is 0. The second kappa shape index (κ2) is 6.58. The number of nitrogens with two attached hydrogens (primary N) is 2. The summed E-state index contributed by atoms with van der Waals surface area (Å²) in [6.45, 7) is 0.395. The van der Waals surface area contributed by atoms with Crippen molar-refractivity contribution in [2.45, 2.75) is 6.42 Å². The first-order chi connectivity index (χ1) is 8.61. The number of carbonyl (C=O) groups excluding carboxylic acids is 2. The van der Waals surface area contributed by atoms with E-state index in [1.807, 2.05) is 0 Å². The van der Waals surface area contributed by atoms with Gasteiger partial charge < -0.3 is 12.4 Å². The molecule has 2 rings (SSSR count). The number of halogens is 1. The van der Waals surface area contributed by atoms with Crippen LogP contribution in [0.5, 0.6) is 0 Å². The Labute approximate surface area is 121 Å². The Hall–Kier alpha value is -1.53. The minimum atomic E-state index is -0.217. The Kier molecular flexibility index (Phi) is 5.38. The summed E-state index contributed by atoms with van der Waals surface area (Å²) in [5.41, 5.74) is 6.29. The van der Waals surface area contributed by atoms with Crippen LogP contribution in [0.25, 0.3) is 0 Å². The molecular formula is C12H14ClN3O2S. The molecule has 1 aromatic rings. The molecule has 0 aromatic heterocycles. The predicted octanol–water partition coefficient (Wildman–Crippen LogP) is -3.52. The largest absolute Gasteiger partial charge is 1.00 e. The topological polar surface area (TPSA) is 89.0 Å². The van der Waals surface area contributed by atoms with E-state index in [1.165, 1.54) is 16.7 Å². The van der Waals surface area contributed by atoms with E-state index in [9.17, 15) is 9.59 Å². The molecule has 0 aliphatic carbocycles. The van der Waals surface area contributed by atoms with Crippen LogP contribution in [0.3, 0.4) is 0 Å². The molecule has 19 heavy (non-hydrogen) atoms. The molecule has 0 radical (unpaired) electrons. The third-order valence-electron chi connectivity index (χ3n) is 2.67. The van der Waals surface area contributed by atoms with Crippen LogP contribution in [0, 0.1) is 0 Å². The molecular weight excluding hydrogens is 286 g/mol. The molecule has 1 heterocycles. The SMILES string of the molecule is NC(=[NH2+])SCCCN1C(=O)c2ccccc2C1=O.[Cl-]. The van der Waals surface area contributed by atoms with Crippen LogP contribution in [-0.4, -0.2) is 34.2 Å². The van der Waals surface area contributed by atoms with Gasteiger partial charge in [0, 0.05) is 12.3 Å². The van der Waals surface area contributed by atoms with Gasteiger partial charge in [-0.05, 0) is 30.3 Å². The molecule has 0 spiro atoms. The van der Waals surface area contributed by atoms with Gasteiger partial charge in [0.2, 0.25) is 0 Å². The fraction of sp³-hybridized carbons (Fsp3) is 0.250. The van der Waals surface area contributed by atoms with Gasteiger partial charge in [-0.1, -0.05) is 12.1 Å². The van der Waals surface area contributed by atoms with Crippen LogP contribution in [0.4, 0.5) is 0 Å². The fourth-order valence-electron chi connectivity index (χ4n) is 1.85. The highest BCUT2D eigenvalue weighted by molar-refractivity contribution is 8.13. The molecule has 0 unspecified atom stereocenters. The number of rotatable bonds is 4. The molecule has 102 valence electrons. The lowest BCUT2D eigenvalue weighted by Gasteiger charge is -2.12. The first kappa shape index (κ1) is 15.5. The molecule has 0 bridgehead atoms. The summed E-state index contributed by atoms with van der Waals surface area (Å²) in [5.74, 6) is 0.256. The maximum atomic E-state index is 12.0. The van der Waals surface area contributed by atoms with Crippen molar-refractivity contribution in [2.24, 2.45) is 5.73 Å². The second-order valence-electron chi connectivity index (χ2n) is 3.91. The zero-order valence-electron chi connectivity index (χ0n) is 10.1. The molecule has 1 aromatic carbocycles. The van der Waals surface area contributed by atoms with E-state index in [2.05, 4.69) is 0 Å². The molecule has 5 nitrogen and oxygen atoms in total. The number of amides is 2. The van der Waals surface area contributed by atoms with Crippen molar-refractivity contribution in [3.63, 3.8) is 0 Å². The lowest BCUT2D eigenvalue weighted by Crippen LogP contribution is -3.00. The van der Waals surface area contributed by atoms with Gasteiger partial charge in [-0.25, -0.2) is 0 Å². The van der Waals surface area contributed by atoms with Crippen molar-refractivity contribution < 1.29 is 27.4 Å². The first-order valence-corrected chi connectivity index (χ1v) is 6.55. The Morgan fingerprint density at radius 3 is 2.21 bits per heavy atom. The Bertz CT molecular complexity index is 486. The Morgan fingerprint density at radius 1 is 1.21 bits per heavy atom. The lowest BCUT2D eigenvalue weighted by molar-refractivity contribution is -0.110. The number of fused-ring (bicyclic) bond motifs is 1. The average molecular weight is 300 g/mol. The Morgan fingerprint density at radius 2 is 1.74 bits per heavy atom. The smallest absolute Gasteiger partial charge is 0.299 e. The molecule has 1 aliphatic rings. The van der Waals surface area contributed by atoms with Gasteiger partial charge in [0.15, 0.2) is 0 Å². The average Bonchev–Trinajstić information content (AvgIpc) is 2.59. The predicted molar refractivity (Wildman–Crippen MR) is 70.0 cm³/mol. The fourth-order valence-corrected chi connectivity index (χ4v) is 2.36. The lowest BCUT2D eigenvalue weighted by atomic mass is 10.1. The van der Waals surface area contributed by atoms with E-state index >= 15 is 0 Å². The number of benzene rings is 1. The maximum Gasteiger partial charge on any atom is 0.299 e. The van der Waals surface area contributed by atoms with Crippen LogP contribution < -0.4 is 23.5 Å². The zero-order chi connectivity index (χ0) is 13.1. The van der Waals surface area contributed by atoms with Crippen LogP contribution in [0.15, 0.2) is 24.3 Å². The molecule has 0 fully saturated rings. The van der Waals surface area contributed by atoms with Gasteiger partial charge in [0.05, 0.1) is 11.1 Å². The molecule has 2 amide bonds. The summed E-state index contributed by atoms with van der Waals surface area (Å²) in [4.78, 5) is 25.2. The zero-order valence-corrected chi connectivity index (χ0v) is 11.7. The number of carbonyl (C=O) groups is 2. The van der Waals surface area contributed by atoms with Crippen molar-refractivity contribution in [1.29, 1.82) is 0 Å². The van der Waals surface area contributed by atoms with Crippen molar-refractivity contribution >= 4 is 28.7 Å². The van der Waals surface area contributed by atoms with E-state index in [-0.39, 0.29) is 24.2 Å². The van der Waals surface area contributed by atoms with Crippen molar-refractivity contribution in [3.05, 3.63) is 35.4 Å². The quantitative estimate of drug-likeness (QED) is 0.261. The summed E-state index contributed by atoms with van der Waals surface area (Å²) in [7, 11) is 0. The maximum absolute atomic E-state index is 12.0. The highest BCUT2D eigenvalue weighted by Crippen LogP contribution is 2.22. The highest BCUT2D eigenvalue weighted by Gasteiger charge is 2.34. The number of hydrogen-bond acceptors (Lipinski definition) is 3.